The van der Waals surface area contributed by atoms with Crippen molar-refractivity contribution in [1.29, 1.82) is 0 Å². The van der Waals surface area contributed by atoms with Crippen LogP contribution in [0.25, 0.3) is 0 Å². The van der Waals surface area contributed by atoms with Gasteiger partial charge < -0.3 is 5.32 Å². The van der Waals surface area contributed by atoms with Crippen LogP contribution in [0.15, 0.2) is 77.7 Å². The highest BCUT2D eigenvalue weighted by molar-refractivity contribution is 7.92. The Balaban J connectivity index is 1.57. The number of anilines is 1. The van der Waals surface area contributed by atoms with Crippen molar-refractivity contribution in [3.63, 3.8) is 0 Å². The number of benzene rings is 3. The van der Waals surface area contributed by atoms with E-state index in [0.29, 0.717) is 12.1 Å². The number of carbonyl (C=O) groups excluding carboxylic acids is 1. The van der Waals surface area contributed by atoms with Gasteiger partial charge in [-0.05, 0) is 42.3 Å². The van der Waals surface area contributed by atoms with E-state index in [1.54, 1.807) is 42.5 Å². The predicted molar refractivity (Wildman–Crippen MR) is 118 cm³/mol. The summed E-state index contributed by atoms with van der Waals surface area (Å²) in [4.78, 5) is 22.7. The average Bonchev–Trinajstić information content (AvgIpc) is 2.75. The molecule has 8 nitrogen and oxygen atoms in total. The highest BCUT2D eigenvalue weighted by atomic mass is 35.5. The SMILES string of the molecule is O=C(NCCc1ccc(NS(=O)(=O)c2ccccc2)cc1)c1cc([N+](=O)[O-])ccc1Cl. The van der Waals surface area contributed by atoms with Crippen LogP contribution in [-0.2, 0) is 16.4 Å². The summed E-state index contributed by atoms with van der Waals surface area (Å²) in [7, 11) is -3.67. The molecule has 0 aliphatic rings. The summed E-state index contributed by atoms with van der Waals surface area (Å²) in [6.45, 7) is 0.271. The smallest absolute Gasteiger partial charge is 0.270 e. The van der Waals surface area contributed by atoms with E-state index >= 15 is 0 Å². The van der Waals surface area contributed by atoms with Gasteiger partial charge in [0.15, 0.2) is 0 Å². The minimum absolute atomic E-state index is 0.0292. The molecule has 0 bridgehead atoms. The Hall–Kier alpha value is -3.43. The number of carbonyl (C=O) groups is 1. The van der Waals surface area contributed by atoms with E-state index in [9.17, 15) is 23.3 Å². The molecule has 3 aromatic rings. The van der Waals surface area contributed by atoms with Gasteiger partial charge in [0, 0.05) is 24.4 Å². The van der Waals surface area contributed by atoms with Gasteiger partial charge in [-0.2, -0.15) is 0 Å². The number of hydrogen-bond donors (Lipinski definition) is 2. The quantitative estimate of drug-likeness (QED) is 0.389. The molecule has 3 rings (SSSR count). The van der Waals surface area contributed by atoms with Crippen LogP contribution in [0.5, 0.6) is 0 Å². The first-order valence-electron chi connectivity index (χ1n) is 9.15. The molecular weight excluding hydrogens is 442 g/mol. The Kier molecular flexibility index (Phi) is 6.88. The lowest BCUT2D eigenvalue weighted by molar-refractivity contribution is -0.384. The summed E-state index contributed by atoms with van der Waals surface area (Å²) >= 11 is 5.97. The molecule has 0 aliphatic carbocycles. The fourth-order valence-electron chi connectivity index (χ4n) is 2.77. The van der Waals surface area contributed by atoms with E-state index in [2.05, 4.69) is 10.0 Å². The number of nitro benzene ring substituents is 1. The summed E-state index contributed by atoms with van der Waals surface area (Å²) in [6.07, 6.45) is 0.476. The minimum Gasteiger partial charge on any atom is -0.352 e. The first-order chi connectivity index (χ1) is 14.8. The van der Waals surface area contributed by atoms with E-state index in [1.807, 2.05) is 0 Å². The number of non-ortho nitro benzene ring substituents is 1. The molecular formula is C21H18ClN3O5S. The van der Waals surface area contributed by atoms with E-state index < -0.39 is 20.9 Å². The van der Waals surface area contributed by atoms with Crippen molar-refractivity contribution in [3.05, 3.63) is 99.1 Å². The Morgan fingerprint density at radius 3 is 2.32 bits per heavy atom. The van der Waals surface area contributed by atoms with Gasteiger partial charge >= 0.3 is 0 Å². The van der Waals surface area contributed by atoms with Crippen molar-refractivity contribution in [2.75, 3.05) is 11.3 Å². The molecule has 3 aromatic carbocycles. The van der Waals surface area contributed by atoms with Crippen molar-refractivity contribution >= 4 is 38.9 Å². The van der Waals surface area contributed by atoms with Gasteiger partial charge in [-0.1, -0.05) is 41.9 Å². The third-order valence-corrected chi connectivity index (χ3v) is 6.09. The predicted octanol–water partition coefficient (Wildman–Crippen LogP) is 4.02. The monoisotopic (exact) mass is 459 g/mol. The molecule has 0 radical (unpaired) electrons. The second-order valence-electron chi connectivity index (χ2n) is 6.54. The Morgan fingerprint density at radius 1 is 1.00 bits per heavy atom. The van der Waals surface area contributed by atoms with Crippen molar-refractivity contribution in [2.24, 2.45) is 0 Å². The van der Waals surface area contributed by atoms with Gasteiger partial charge in [0.2, 0.25) is 0 Å². The number of nitro groups is 1. The minimum atomic E-state index is -3.67. The number of halogens is 1. The third-order valence-electron chi connectivity index (χ3n) is 4.36. The maximum Gasteiger partial charge on any atom is 0.270 e. The van der Waals surface area contributed by atoms with Gasteiger partial charge in [-0.15, -0.1) is 0 Å². The molecule has 160 valence electrons. The lowest BCUT2D eigenvalue weighted by Crippen LogP contribution is -2.26. The zero-order valence-electron chi connectivity index (χ0n) is 16.1. The Labute approximate surface area is 184 Å². The van der Waals surface area contributed by atoms with Crippen LogP contribution in [0.2, 0.25) is 5.02 Å². The van der Waals surface area contributed by atoms with Gasteiger partial charge in [-0.25, -0.2) is 8.42 Å². The number of amides is 1. The topological polar surface area (TPSA) is 118 Å². The van der Waals surface area contributed by atoms with Gasteiger partial charge in [0.05, 0.1) is 20.4 Å². The normalized spacial score (nSPS) is 11.0. The summed E-state index contributed by atoms with van der Waals surface area (Å²) in [5, 5.41) is 13.7. The summed E-state index contributed by atoms with van der Waals surface area (Å²) in [5.74, 6) is -0.513. The van der Waals surface area contributed by atoms with Crippen LogP contribution in [0, 0.1) is 10.1 Å². The number of nitrogens with one attached hydrogen (secondary N) is 2. The zero-order valence-corrected chi connectivity index (χ0v) is 17.7. The Morgan fingerprint density at radius 2 is 1.68 bits per heavy atom. The highest BCUT2D eigenvalue weighted by Crippen LogP contribution is 2.22. The van der Waals surface area contributed by atoms with E-state index in [-0.39, 0.29) is 27.7 Å². The maximum absolute atomic E-state index is 12.4. The molecule has 0 unspecified atom stereocenters. The van der Waals surface area contributed by atoms with Crippen LogP contribution in [-0.4, -0.2) is 25.8 Å². The molecule has 0 aliphatic heterocycles. The number of nitrogens with zero attached hydrogens (tertiary/aromatic N) is 1. The molecule has 31 heavy (non-hydrogen) atoms. The number of hydrogen-bond acceptors (Lipinski definition) is 5. The molecule has 1 amide bonds. The second kappa shape index (κ2) is 9.59. The van der Waals surface area contributed by atoms with Crippen LogP contribution in [0.1, 0.15) is 15.9 Å². The molecule has 2 N–H and O–H groups in total. The number of sulfonamides is 1. The summed E-state index contributed by atoms with van der Waals surface area (Å²) in [6, 6.07) is 18.5. The van der Waals surface area contributed by atoms with Crippen LogP contribution >= 0.6 is 11.6 Å². The fraction of sp³-hybridized carbons (Fsp3) is 0.0952. The third kappa shape index (κ3) is 5.80. The second-order valence-corrected chi connectivity index (χ2v) is 8.63. The number of rotatable bonds is 8. The van der Waals surface area contributed by atoms with Crippen molar-refractivity contribution in [1.82, 2.24) is 5.32 Å². The molecule has 0 atom stereocenters. The summed E-state index contributed by atoms with van der Waals surface area (Å²) in [5.41, 5.74) is 1.10. The van der Waals surface area contributed by atoms with Gasteiger partial charge in [-0.3, -0.25) is 19.6 Å². The van der Waals surface area contributed by atoms with E-state index in [4.69, 9.17) is 11.6 Å². The van der Waals surface area contributed by atoms with Crippen molar-refractivity contribution < 1.29 is 18.1 Å². The molecule has 0 aromatic heterocycles. The standard InChI is InChI=1S/C21H18ClN3O5S/c22-20-11-10-17(25(27)28)14-19(20)21(26)23-13-12-15-6-8-16(9-7-15)24-31(29,30)18-4-2-1-3-5-18/h1-11,14,24H,12-13H2,(H,23,26). The molecule has 0 saturated carbocycles. The van der Waals surface area contributed by atoms with Crippen LogP contribution in [0.3, 0.4) is 0 Å². The van der Waals surface area contributed by atoms with Crippen molar-refractivity contribution in [2.45, 2.75) is 11.3 Å². The maximum atomic E-state index is 12.4. The average molecular weight is 460 g/mol. The lowest BCUT2D eigenvalue weighted by Gasteiger charge is -2.10. The molecule has 0 fully saturated rings. The summed E-state index contributed by atoms with van der Waals surface area (Å²) < 4.78 is 27.2. The molecule has 10 heteroatoms. The zero-order chi connectivity index (χ0) is 22.4. The van der Waals surface area contributed by atoms with E-state index in [0.717, 1.165) is 11.6 Å². The molecule has 0 heterocycles. The van der Waals surface area contributed by atoms with Crippen LogP contribution < -0.4 is 10.0 Å². The van der Waals surface area contributed by atoms with E-state index in [1.165, 1.54) is 24.3 Å². The highest BCUT2D eigenvalue weighted by Gasteiger charge is 2.16. The fourth-order valence-corrected chi connectivity index (χ4v) is 4.05. The molecule has 0 spiro atoms. The lowest BCUT2D eigenvalue weighted by atomic mass is 10.1. The van der Waals surface area contributed by atoms with Crippen LogP contribution in [0.4, 0.5) is 11.4 Å². The molecule has 0 saturated heterocycles. The van der Waals surface area contributed by atoms with Gasteiger partial charge in [0.25, 0.3) is 21.6 Å². The first-order valence-corrected chi connectivity index (χ1v) is 11.0. The van der Waals surface area contributed by atoms with Gasteiger partial charge in [0.1, 0.15) is 0 Å². The Bertz CT molecular complexity index is 1200. The largest absolute Gasteiger partial charge is 0.352 e. The first kappa shape index (κ1) is 22.3. The van der Waals surface area contributed by atoms with Crippen molar-refractivity contribution in [3.8, 4) is 0 Å².